The predicted molar refractivity (Wildman–Crippen MR) is 79.0 cm³/mol. The zero-order valence-corrected chi connectivity index (χ0v) is 11.3. The minimum Gasteiger partial charge on any atom is -0.375 e. The van der Waals surface area contributed by atoms with Gasteiger partial charge in [0.1, 0.15) is 11.9 Å². The number of benzene rings is 1. The summed E-state index contributed by atoms with van der Waals surface area (Å²) in [5.74, 6) is 0. The lowest BCUT2D eigenvalue weighted by atomic mass is 10.1. The van der Waals surface area contributed by atoms with Gasteiger partial charge in [-0.1, -0.05) is 18.2 Å². The molecule has 0 bridgehead atoms. The van der Waals surface area contributed by atoms with Crippen LogP contribution in [0.1, 0.15) is 11.3 Å². The molecule has 7 heteroatoms. The Hall–Kier alpha value is -2.96. The lowest BCUT2D eigenvalue weighted by Crippen LogP contribution is -2.04. The molecule has 2 aromatic heterocycles. The first-order valence-corrected chi connectivity index (χ1v) is 6.41. The van der Waals surface area contributed by atoms with Crippen molar-refractivity contribution in [2.75, 3.05) is 5.32 Å². The number of anilines is 1. The van der Waals surface area contributed by atoms with Gasteiger partial charge in [-0.25, -0.2) is 4.98 Å². The Balaban J connectivity index is 2.04. The van der Waals surface area contributed by atoms with Gasteiger partial charge < -0.3 is 5.32 Å². The molecule has 0 atom stereocenters. The molecular formula is C14H13N5O2. The summed E-state index contributed by atoms with van der Waals surface area (Å²) in [6.07, 6.45) is 2.99. The van der Waals surface area contributed by atoms with Gasteiger partial charge in [0.2, 0.25) is 0 Å². The monoisotopic (exact) mass is 283 g/mol. The van der Waals surface area contributed by atoms with Crippen LogP contribution in [-0.2, 0) is 6.54 Å². The van der Waals surface area contributed by atoms with Gasteiger partial charge in [-0.2, -0.15) is 5.10 Å². The molecule has 0 radical (unpaired) electrons. The highest BCUT2D eigenvalue weighted by atomic mass is 16.6. The van der Waals surface area contributed by atoms with Crippen LogP contribution in [0.5, 0.6) is 0 Å². The summed E-state index contributed by atoms with van der Waals surface area (Å²) in [6, 6.07) is 7.33. The molecule has 1 aromatic carbocycles. The van der Waals surface area contributed by atoms with Gasteiger partial charge in [0, 0.05) is 23.2 Å². The van der Waals surface area contributed by atoms with E-state index in [0.717, 1.165) is 22.2 Å². The lowest BCUT2D eigenvalue weighted by Gasteiger charge is -2.09. The summed E-state index contributed by atoms with van der Waals surface area (Å²) in [7, 11) is 0. The smallest absolute Gasteiger partial charge is 0.311 e. The van der Waals surface area contributed by atoms with E-state index in [1.165, 1.54) is 6.20 Å². The number of nitro groups is 1. The Morgan fingerprint density at radius 3 is 2.86 bits per heavy atom. The quantitative estimate of drug-likeness (QED) is 0.567. The molecule has 0 aliphatic rings. The lowest BCUT2D eigenvalue weighted by molar-refractivity contribution is -0.384. The van der Waals surface area contributed by atoms with Crippen LogP contribution < -0.4 is 5.32 Å². The van der Waals surface area contributed by atoms with E-state index < -0.39 is 4.92 Å². The van der Waals surface area contributed by atoms with E-state index in [4.69, 9.17) is 0 Å². The number of aryl methyl sites for hydroxylation is 1. The largest absolute Gasteiger partial charge is 0.375 e. The van der Waals surface area contributed by atoms with Gasteiger partial charge in [0.15, 0.2) is 0 Å². The third-order valence-corrected chi connectivity index (χ3v) is 3.34. The normalized spacial score (nSPS) is 10.7. The second-order valence-electron chi connectivity index (χ2n) is 4.67. The van der Waals surface area contributed by atoms with Gasteiger partial charge >= 0.3 is 5.69 Å². The number of aromatic amines is 1. The number of nitrogens with zero attached hydrogens (tertiary/aromatic N) is 3. The molecule has 3 rings (SSSR count). The fraction of sp³-hybridized carbons (Fsp3) is 0.143. The summed E-state index contributed by atoms with van der Waals surface area (Å²) in [4.78, 5) is 14.9. The second-order valence-corrected chi connectivity index (χ2v) is 4.67. The predicted octanol–water partition coefficient (Wildman–Crippen LogP) is 2.79. The summed E-state index contributed by atoms with van der Waals surface area (Å²) in [5, 5.41) is 21.9. The van der Waals surface area contributed by atoms with Crippen molar-refractivity contribution in [3.8, 4) is 0 Å². The Labute approximate surface area is 120 Å². The van der Waals surface area contributed by atoms with Crippen molar-refractivity contribution in [2.45, 2.75) is 13.5 Å². The molecule has 0 amide bonds. The van der Waals surface area contributed by atoms with E-state index in [1.54, 1.807) is 6.20 Å². The summed E-state index contributed by atoms with van der Waals surface area (Å²) in [5.41, 5.74) is 3.06. The Morgan fingerprint density at radius 1 is 1.33 bits per heavy atom. The Kier molecular flexibility index (Phi) is 3.23. The molecule has 0 saturated carbocycles. The molecule has 0 fully saturated rings. The molecule has 0 saturated heterocycles. The van der Waals surface area contributed by atoms with Gasteiger partial charge in [0.05, 0.1) is 16.6 Å². The fourth-order valence-corrected chi connectivity index (χ4v) is 2.19. The number of hydrogen-bond donors (Lipinski definition) is 2. The molecule has 0 aliphatic heterocycles. The van der Waals surface area contributed by atoms with Crippen molar-refractivity contribution in [3.05, 3.63) is 58.0 Å². The zero-order chi connectivity index (χ0) is 14.8. The number of fused-ring (bicyclic) bond motifs is 1. The van der Waals surface area contributed by atoms with E-state index in [-0.39, 0.29) is 5.69 Å². The van der Waals surface area contributed by atoms with Crippen LogP contribution in [0.25, 0.3) is 10.9 Å². The Bertz CT molecular complexity index is 812. The maximum atomic E-state index is 11.2. The molecular weight excluding hydrogens is 270 g/mol. The van der Waals surface area contributed by atoms with Crippen molar-refractivity contribution in [1.82, 2.24) is 15.2 Å². The summed E-state index contributed by atoms with van der Waals surface area (Å²) >= 11 is 0. The summed E-state index contributed by atoms with van der Waals surface area (Å²) < 4.78 is 0. The number of nitrogens with one attached hydrogen (secondary N) is 2. The standard InChI is InChI=1S/C14H13N5O2/c1-9-10(7-17-18-9)6-16-14-11-4-2-3-5-12(11)15-8-13(14)19(20)21/h2-5,7-8H,6H2,1H3,(H,15,16)(H,17,18). The minimum absolute atomic E-state index is 0.0325. The van der Waals surface area contributed by atoms with Gasteiger partial charge in [-0.3, -0.25) is 15.2 Å². The molecule has 3 aromatic rings. The van der Waals surface area contributed by atoms with E-state index in [9.17, 15) is 10.1 Å². The zero-order valence-electron chi connectivity index (χ0n) is 11.3. The maximum absolute atomic E-state index is 11.2. The van der Waals surface area contributed by atoms with Crippen LogP contribution in [0.3, 0.4) is 0 Å². The first-order chi connectivity index (χ1) is 10.2. The fourth-order valence-electron chi connectivity index (χ4n) is 2.19. The number of rotatable bonds is 4. The highest BCUT2D eigenvalue weighted by Gasteiger charge is 2.17. The van der Waals surface area contributed by atoms with Gasteiger partial charge in [0.25, 0.3) is 0 Å². The first kappa shape index (κ1) is 13.0. The van der Waals surface area contributed by atoms with Crippen LogP contribution in [0.2, 0.25) is 0 Å². The first-order valence-electron chi connectivity index (χ1n) is 6.41. The Morgan fingerprint density at radius 2 is 2.14 bits per heavy atom. The van der Waals surface area contributed by atoms with Gasteiger partial charge in [-0.15, -0.1) is 0 Å². The third kappa shape index (κ3) is 2.40. The van der Waals surface area contributed by atoms with E-state index in [0.29, 0.717) is 12.2 Å². The van der Waals surface area contributed by atoms with Crippen molar-refractivity contribution in [1.29, 1.82) is 0 Å². The van der Waals surface area contributed by atoms with Crippen LogP contribution in [0.4, 0.5) is 11.4 Å². The van der Waals surface area contributed by atoms with E-state index in [1.807, 2.05) is 31.2 Å². The second kappa shape index (κ2) is 5.20. The van der Waals surface area contributed by atoms with Crippen molar-refractivity contribution in [3.63, 3.8) is 0 Å². The minimum atomic E-state index is -0.427. The SMILES string of the molecule is Cc1[nH]ncc1CNc1c([N+](=O)[O-])cnc2ccccc12. The molecule has 0 aliphatic carbocycles. The van der Waals surface area contributed by atoms with Gasteiger partial charge in [-0.05, 0) is 13.0 Å². The van der Waals surface area contributed by atoms with Crippen LogP contribution >= 0.6 is 0 Å². The summed E-state index contributed by atoms with van der Waals surface area (Å²) in [6.45, 7) is 2.36. The van der Waals surface area contributed by atoms with Crippen molar-refractivity contribution < 1.29 is 4.92 Å². The number of hydrogen-bond acceptors (Lipinski definition) is 5. The van der Waals surface area contributed by atoms with E-state index in [2.05, 4.69) is 20.5 Å². The molecule has 2 heterocycles. The third-order valence-electron chi connectivity index (χ3n) is 3.34. The maximum Gasteiger partial charge on any atom is 0.311 e. The molecule has 0 spiro atoms. The number of pyridine rings is 1. The van der Waals surface area contributed by atoms with E-state index >= 15 is 0 Å². The number of H-pyrrole nitrogens is 1. The van der Waals surface area contributed by atoms with Crippen LogP contribution in [0, 0.1) is 17.0 Å². The molecule has 21 heavy (non-hydrogen) atoms. The van der Waals surface area contributed by atoms with Crippen molar-refractivity contribution in [2.24, 2.45) is 0 Å². The molecule has 0 unspecified atom stereocenters. The topological polar surface area (TPSA) is 96.7 Å². The number of aromatic nitrogens is 3. The van der Waals surface area contributed by atoms with Crippen LogP contribution in [0.15, 0.2) is 36.7 Å². The highest BCUT2D eigenvalue weighted by Crippen LogP contribution is 2.31. The molecule has 2 N–H and O–H groups in total. The molecule has 7 nitrogen and oxygen atoms in total. The highest BCUT2D eigenvalue weighted by molar-refractivity contribution is 5.95. The average molecular weight is 283 g/mol. The molecule has 106 valence electrons. The number of para-hydroxylation sites is 1. The van der Waals surface area contributed by atoms with Crippen molar-refractivity contribution >= 4 is 22.3 Å². The van der Waals surface area contributed by atoms with Crippen LogP contribution in [-0.4, -0.2) is 20.1 Å². The average Bonchev–Trinajstić information content (AvgIpc) is 2.89.